The van der Waals surface area contributed by atoms with Crippen molar-refractivity contribution in [3.05, 3.63) is 38.5 Å². The Bertz CT molecular complexity index is 809. The Morgan fingerprint density at radius 1 is 1.30 bits per heavy atom. The summed E-state index contributed by atoms with van der Waals surface area (Å²) in [6.45, 7) is -0.0420. The molecule has 0 saturated heterocycles. The summed E-state index contributed by atoms with van der Waals surface area (Å²) in [5.41, 5.74) is 2.27. The maximum absolute atomic E-state index is 12.4. The highest BCUT2D eigenvalue weighted by Crippen LogP contribution is 2.37. The number of fused-ring (bicyclic) bond motifs is 2. The highest BCUT2D eigenvalue weighted by atomic mass is 35.5. The third-order valence-electron chi connectivity index (χ3n) is 3.92. The molecule has 1 aliphatic carbocycles. The van der Waals surface area contributed by atoms with Gasteiger partial charge in [-0.1, -0.05) is 11.6 Å². The quantitative estimate of drug-likeness (QED) is 0.873. The van der Waals surface area contributed by atoms with Crippen LogP contribution >= 0.6 is 22.9 Å². The van der Waals surface area contributed by atoms with Gasteiger partial charge in [-0.2, -0.15) is 0 Å². The van der Waals surface area contributed by atoms with Crippen molar-refractivity contribution >= 4 is 46.1 Å². The minimum atomic E-state index is -0.224. The number of aryl methyl sites for hydroxylation is 2. The van der Waals surface area contributed by atoms with Crippen molar-refractivity contribution in [1.29, 1.82) is 0 Å². The van der Waals surface area contributed by atoms with Crippen LogP contribution in [0.3, 0.4) is 0 Å². The molecule has 2 aliphatic rings. The maximum Gasteiger partial charge on any atom is 0.265 e. The molecule has 7 heteroatoms. The van der Waals surface area contributed by atoms with Gasteiger partial charge in [0.15, 0.2) is 6.61 Å². The van der Waals surface area contributed by atoms with Crippen molar-refractivity contribution in [2.75, 3.05) is 17.2 Å². The summed E-state index contributed by atoms with van der Waals surface area (Å²) < 4.78 is 5.35. The molecule has 0 spiro atoms. The Morgan fingerprint density at radius 2 is 2.17 bits per heavy atom. The fraction of sp³-hybridized carbons (Fsp3) is 0.250. The Balaban J connectivity index is 1.58. The Morgan fingerprint density at radius 3 is 3.00 bits per heavy atom. The van der Waals surface area contributed by atoms with Crippen LogP contribution in [-0.2, 0) is 17.6 Å². The SMILES string of the molecule is O=C1COc2cc(NC(=O)c3cc4c(s3)CCC4)c(Cl)cc2N1. The molecule has 1 aromatic carbocycles. The molecule has 0 radical (unpaired) electrons. The second kappa shape index (κ2) is 5.54. The molecular weight excluding hydrogens is 336 g/mol. The zero-order chi connectivity index (χ0) is 16.0. The average Bonchev–Trinajstić information content (AvgIpc) is 3.09. The lowest BCUT2D eigenvalue weighted by Crippen LogP contribution is -2.25. The van der Waals surface area contributed by atoms with E-state index in [0.29, 0.717) is 27.0 Å². The van der Waals surface area contributed by atoms with Gasteiger partial charge in [-0.3, -0.25) is 9.59 Å². The van der Waals surface area contributed by atoms with Crippen molar-refractivity contribution in [3.8, 4) is 5.75 Å². The van der Waals surface area contributed by atoms with Gasteiger partial charge in [-0.05, 0) is 37.0 Å². The van der Waals surface area contributed by atoms with Crippen LogP contribution in [-0.4, -0.2) is 18.4 Å². The molecule has 0 atom stereocenters. The molecule has 2 N–H and O–H groups in total. The molecule has 5 nitrogen and oxygen atoms in total. The minimum absolute atomic E-state index is 0.0420. The molecule has 4 rings (SSSR count). The van der Waals surface area contributed by atoms with E-state index < -0.39 is 0 Å². The number of carbonyl (C=O) groups excluding carboxylic acids is 2. The maximum atomic E-state index is 12.4. The molecule has 0 saturated carbocycles. The van der Waals surface area contributed by atoms with Gasteiger partial charge in [0, 0.05) is 10.9 Å². The smallest absolute Gasteiger partial charge is 0.265 e. The van der Waals surface area contributed by atoms with E-state index in [9.17, 15) is 9.59 Å². The third-order valence-corrected chi connectivity index (χ3v) is 5.47. The predicted octanol–water partition coefficient (Wildman–Crippen LogP) is 3.47. The van der Waals surface area contributed by atoms with E-state index in [4.69, 9.17) is 16.3 Å². The number of anilines is 2. The fourth-order valence-electron chi connectivity index (χ4n) is 2.82. The summed E-state index contributed by atoms with van der Waals surface area (Å²) in [6.07, 6.45) is 3.27. The van der Waals surface area contributed by atoms with E-state index in [1.807, 2.05) is 6.07 Å². The van der Waals surface area contributed by atoms with Crippen LogP contribution in [0.15, 0.2) is 18.2 Å². The largest absolute Gasteiger partial charge is 0.482 e. The summed E-state index contributed by atoms with van der Waals surface area (Å²) in [5.74, 6) is 0.0996. The summed E-state index contributed by atoms with van der Waals surface area (Å²) in [6, 6.07) is 5.18. The van der Waals surface area contributed by atoms with Gasteiger partial charge < -0.3 is 15.4 Å². The van der Waals surface area contributed by atoms with E-state index in [1.165, 1.54) is 16.9 Å². The highest BCUT2D eigenvalue weighted by Gasteiger charge is 2.21. The molecule has 2 heterocycles. The molecule has 1 aromatic heterocycles. The van der Waals surface area contributed by atoms with Crippen molar-refractivity contribution in [2.24, 2.45) is 0 Å². The fourth-order valence-corrected chi connectivity index (χ4v) is 4.18. The summed E-state index contributed by atoms with van der Waals surface area (Å²) >= 11 is 7.74. The first-order valence-electron chi connectivity index (χ1n) is 7.29. The number of halogens is 1. The summed E-state index contributed by atoms with van der Waals surface area (Å²) in [5, 5.41) is 5.86. The predicted molar refractivity (Wildman–Crippen MR) is 89.9 cm³/mol. The van der Waals surface area contributed by atoms with Gasteiger partial charge in [0.05, 0.1) is 21.3 Å². The van der Waals surface area contributed by atoms with Crippen molar-refractivity contribution < 1.29 is 14.3 Å². The number of rotatable bonds is 2. The van der Waals surface area contributed by atoms with E-state index in [0.717, 1.165) is 12.8 Å². The van der Waals surface area contributed by atoms with Crippen LogP contribution in [0.1, 0.15) is 26.5 Å². The van der Waals surface area contributed by atoms with Crippen molar-refractivity contribution in [1.82, 2.24) is 0 Å². The zero-order valence-electron chi connectivity index (χ0n) is 12.1. The summed E-state index contributed by atoms with van der Waals surface area (Å²) in [7, 11) is 0. The molecule has 0 fully saturated rings. The molecule has 118 valence electrons. The van der Waals surface area contributed by atoms with Gasteiger partial charge in [0.1, 0.15) is 5.75 Å². The molecule has 0 bridgehead atoms. The van der Waals surface area contributed by atoms with E-state index in [2.05, 4.69) is 10.6 Å². The lowest BCUT2D eigenvalue weighted by molar-refractivity contribution is -0.118. The number of hydrogen-bond acceptors (Lipinski definition) is 4. The van der Waals surface area contributed by atoms with Gasteiger partial charge in [-0.25, -0.2) is 0 Å². The Labute approximate surface area is 141 Å². The second-order valence-electron chi connectivity index (χ2n) is 5.53. The highest BCUT2D eigenvalue weighted by molar-refractivity contribution is 7.14. The van der Waals surface area contributed by atoms with Gasteiger partial charge in [-0.15, -0.1) is 11.3 Å². The standard InChI is InChI=1S/C16H13ClN2O3S/c17-9-5-11-12(22-7-15(20)18-11)6-10(9)19-16(21)14-4-8-2-1-3-13(8)23-14/h4-6H,1-3,7H2,(H,18,20)(H,19,21). The third kappa shape index (κ3) is 2.68. The number of nitrogens with one attached hydrogen (secondary N) is 2. The zero-order valence-corrected chi connectivity index (χ0v) is 13.6. The van der Waals surface area contributed by atoms with E-state index >= 15 is 0 Å². The van der Waals surface area contributed by atoms with Gasteiger partial charge in [0.2, 0.25) is 0 Å². The minimum Gasteiger partial charge on any atom is -0.482 e. The number of benzene rings is 1. The molecule has 2 amide bonds. The van der Waals surface area contributed by atoms with Crippen molar-refractivity contribution in [2.45, 2.75) is 19.3 Å². The van der Waals surface area contributed by atoms with Gasteiger partial charge >= 0.3 is 0 Å². The van der Waals surface area contributed by atoms with Crippen LogP contribution in [0.4, 0.5) is 11.4 Å². The van der Waals surface area contributed by atoms with Gasteiger partial charge in [0.25, 0.3) is 11.8 Å². The van der Waals surface area contributed by atoms with Crippen LogP contribution in [0.5, 0.6) is 5.75 Å². The summed E-state index contributed by atoms with van der Waals surface area (Å²) in [4.78, 5) is 25.7. The molecular formula is C16H13ClN2O3S. The lowest BCUT2D eigenvalue weighted by Gasteiger charge is -2.19. The van der Waals surface area contributed by atoms with Crippen LogP contribution in [0.2, 0.25) is 5.02 Å². The molecule has 1 aliphatic heterocycles. The van der Waals surface area contributed by atoms with E-state index in [-0.39, 0.29) is 18.4 Å². The van der Waals surface area contributed by atoms with E-state index in [1.54, 1.807) is 23.5 Å². The first-order valence-corrected chi connectivity index (χ1v) is 8.49. The number of ether oxygens (including phenoxy) is 1. The van der Waals surface area contributed by atoms with Crippen molar-refractivity contribution in [3.63, 3.8) is 0 Å². The van der Waals surface area contributed by atoms with Crippen LogP contribution in [0, 0.1) is 0 Å². The second-order valence-corrected chi connectivity index (χ2v) is 7.08. The monoisotopic (exact) mass is 348 g/mol. The normalized spacial score (nSPS) is 15.4. The first kappa shape index (κ1) is 14.5. The van der Waals surface area contributed by atoms with Crippen LogP contribution in [0.25, 0.3) is 0 Å². The molecule has 0 unspecified atom stereocenters. The number of amides is 2. The topological polar surface area (TPSA) is 67.4 Å². The number of carbonyl (C=O) groups is 2. The molecule has 2 aromatic rings. The Kier molecular flexibility index (Phi) is 3.50. The van der Waals surface area contributed by atoms with Crippen LogP contribution < -0.4 is 15.4 Å². The lowest BCUT2D eigenvalue weighted by atomic mass is 10.2. The Hall–Kier alpha value is -2.05. The molecule has 23 heavy (non-hydrogen) atoms. The average molecular weight is 349 g/mol. The number of thiophene rings is 1. The first-order chi connectivity index (χ1) is 11.1. The number of hydrogen-bond donors (Lipinski definition) is 2.